The van der Waals surface area contributed by atoms with Crippen LogP contribution in [-0.4, -0.2) is 15.4 Å². The van der Waals surface area contributed by atoms with Crippen LogP contribution in [0.3, 0.4) is 0 Å². The zero-order chi connectivity index (χ0) is 25.2. The van der Waals surface area contributed by atoms with E-state index in [4.69, 9.17) is 5.73 Å². The summed E-state index contributed by atoms with van der Waals surface area (Å²) in [6.07, 6.45) is 12.3. The number of amides is 1. The molecule has 4 heteroatoms. The summed E-state index contributed by atoms with van der Waals surface area (Å²) in [6.45, 7) is 10.9. The molecular weight excluding hydrogens is 478 g/mol. The zero-order valence-corrected chi connectivity index (χ0v) is 25.2. The molecule has 0 fully saturated rings. The van der Waals surface area contributed by atoms with E-state index in [9.17, 15) is 4.79 Å². The van der Waals surface area contributed by atoms with Crippen molar-refractivity contribution < 1.29 is 26.5 Å². The van der Waals surface area contributed by atoms with Crippen molar-refractivity contribution in [2.45, 2.75) is 86.0 Å². The third-order valence-electron chi connectivity index (χ3n) is 6.18. The molecule has 0 heterocycles. The summed E-state index contributed by atoms with van der Waals surface area (Å²) >= 11 is 0. The van der Waals surface area contributed by atoms with Crippen LogP contribution in [0, 0.1) is 12.0 Å². The fourth-order valence-corrected chi connectivity index (χ4v) is 4.91. The Labute approximate surface area is 232 Å². The molecule has 0 saturated heterocycles. The molecule has 0 spiro atoms. The van der Waals surface area contributed by atoms with E-state index in [0.29, 0.717) is 12.3 Å². The second-order valence-electron chi connectivity index (χ2n) is 9.06. The average Bonchev–Trinajstić information content (AvgIpc) is 3.05. The van der Waals surface area contributed by atoms with Crippen LogP contribution in [0.15, 0.2) is 77.4 Å². The van der Waals surface area contributed by atoms with Crippen molar-refractivity contribution in [3.05, 3.63) is 89.2 Å². The van der Waals surface area contributed by atoms with Crippen molar-refractivity contribution in [3.63, 3.8) is 0 Å². The molecule has 35 heavy (non-hydrogen) atoms. The minimum Gasteiger partial charge on any atom is -0.668 e. The van der Waals surface area contributed by atoms with Gasteiger partial charge in [0.25, 0.3) is 0 Å². The maximum atomic E-state index is 10.2. The molecule has 1 radical (unpaired) electrons. The Morgan fingerprint density at radius 1 is 0.829 bits per heavy atom. The SMILES string of the molecule is CC1=[C-]C(C)C(C)=C1C.CCCCCCCCCC([NH-])=O.[Ti+2].c1ccc([SiH]c2ccccc2)cc1. The number of nitrogens with one attached hydrogen (secondary N) is 1. The molecule has 1 atom stereocenters. The Kier molecular flexibility index (Phi) is 19.5. The Morgan fingerprint density at radius 2 is 1.29 bits per heavy atom. The molecule has 1 N–H and O–H groups in total. The minimum atomic E-state index is -0.413. The maximum Gasteiger partial charge on any atom is 2.00 e. The van der Waals surface area contributed by atoms with Crippen LogP contribution in [0.25, 0.3) is 5.73 Å². The molecule has 0 saturated carbocycles. The van der Waals surface area contributed by atoms with Gasteiger partial charge < -0.3 is 10.5 Å². The van der Waals surface area contributed by atoms with Crippen molar-refractivity contribution in [1.29, 1.82) is 0 Å². The first-order valence-corrected chi connectivity index (χ1v) is 14.0. The topological polar surface area (TPSA) is 40.9 Å². The van der Waals surface area contributed by atoms with Crippen molar-refractivity contribution in [2.75, 3.05) is 0 Å². The molecule has 2 aromatic carbocycles. The predicted molar refractivity (Wildman–Crippen MR) is 151 cm³/mol. The summed E-state index contributed by atoms with van der Waals surface area (Å²) in [4.78, 5) is 10.2. The molecule has 1 aliphatic rings. The van der Waals surface area contributed by atoms with Crippen LogP contribution in [0.5, 0.6) is 0 Å². The number of benzene rings is 2. The first-order valence-electron chi connectivity index (χ1n) is 12.8. The Hall–Kier alpha value is -1.68. The monoisotopic (exact) mass is 522 g/mol. The van der Waals surface area contributed by atoms with E-state index >= 15 is 0 Å². The van der Waals surface area contributed by atoms with E-state index in [1.165, 1.54) is 59.2 Å². The van der Waals surface area contributed by atoms with Gasteiger partial charge in [-0.1, -0.05) is 143 Å². The van der Waals surface area contributed by atoms with Crippen LogP contribution in [0.4, 0.5) is 0 Å². The average molecular weight is 523 g/mol. The van der Waals surface area contributed by atoms with Crippen molar-refractivity contribution >= 4 is 25.8 Å². The number of unbranched alkanes of at least 4 members (excludes halogenated alkanes) is 6. The van der Waals surface area contributed by atoms with Crippen LogP contribution in [-0.2, 0) is 26.5 Å². The molecule has 2 aromatic rings. The van der Waals surface area contributed by atoms with E-state index in [1.807, 2.05) is 0 Å². The summed E-state index contributed by atoms with van der Waals surface area (Å²) in [5, 5.41) is 2.90. The van der Waals surface area contributed by atoms with Crippen molar-refractivity contribution in [3.8, 4) is 0 Å². The molecule has 0 bridgehead atoms. The van der Waals surface area contributed by atoms with Crippen LogP contribution in [0.1, 0.15) is 86.0 Å². The Bertz CT molecular complexity index is 840. The van der Waals surface area contributed by atoms with Gasteiger partial charge in [-0.25, -0.2) is 5.57 Å². The summed E-state index contributed by atoms with van der Waals surface area (Å²) in [5.74, 6) is 0.147. The normalized spacial score (nSPS) is 14.1. The summed E-state index contributed by atoms with van der Waals surface area (Å²) in [5.41, 5.74) is 10.9. The summed E-state index contributed by atoms with van der Waals surface area (Å²) in [7, 11) is 0.271. The number of allylic oxidation sites excluding steroid dienone is 4. The number of carbonyl (C=O) groups excluding carboxylic acids is 1. The second kappa shape index (κ2) is 20.5. The van der Waals surface area contributed by atoms with Crippen molar-refractivity contribution in [2.24, 2.45) is 5.92 Å². The second-order valence-corrected chi connectivity index (χ2v) is 10.7. The Morgan fingerprint density at radius 3 is 1.63 bits per heavy atom. The van der Waals surface area contributed by atoms with Gasteiger partial charge in [-0.05, 0) is 12.8 Å². The van der Waals surface area contributed by atoms with Gasteiger partial charge in [0, 0.05) is 5.91 Å². The van der Waals surface area contributed by atoms with Gasteiger partial charge in [-0.3, -0.25) is 6.08 Å². The van der Waals surface area contributed by atoms with Crippen molar-refractivity contribution in [1.82, 2.24) is 0 Å². The minimum absolute atomic E-state index is 0. The first-order chi connectivity index (χ1) is 16.3. The van der Waals surface area contributed by atoms with Crippen LogP contribution >= 0.6 is 0 Å². The first kappa shape index (κ1) is 33.3. The van der Waals surface area contributed by atoms with Gasteiger partial charge >= 0.3 is 21.7 Å². The van der Waals surface area contributed by atoms with Gasteiger partial charge in [0.05, 0.1) is 0 Å². The quantitative estimate of drug-likeness (QED) is 0.181. The molecule has 1 unspecified atom stereocenters. The molecule has 0 aromatic heterocycles. The van der Waals surface area contributed by atoms with Gasteiger partial charge in [0.15, 0.2) is 0 Å². The number of hydrogen-bond donors (Lipinski definition) is 0. The third-order valence-corrected chi connectivity index (χ3v) is 7.61. The molecular formula is C31H44NOSiTi. The largest absolute Gasteiger partial charge is 2.00 e. The van der Waals surface area contributed by atoms with Gasteiger partial charge in [-0.2, -0.15) is 11.1 Å². The number of hydrogen-bond acceptors (Lipinski definition) is 1. The molecule has 1 amide bonds. The van der Waals surface area contributed by atoms with E-state index in [0.717, 1.165) is 12.8 Å². The van der Waals surface area contributed by atoms with Gasteiger partial charge in [0.2, 0.25) is 0 Å². The number of rotatable bonds is 10. The Balaban J connectivity index is 0.000000497. The van der Waals surface area contributed by atoms with Crippen LogP contribution < -0.4 is 10.4 Å². The smallest absolute Gasteiger partial charge is 0.668 e. The fraction of sp³-hybridized carbons (Fsp3) is 0.452. The molecule has 187 valence electrons. The van der Waals surface area contributed by atoms with E-state index < -0.39 is 5.91 Å². The van der Waals surface area contributed by atoms with Gasteiger partial charge in [-0.15, -0.1) is 6.92 Å². The maximum absolute atomic E-state index is 10.2. The predicted octanol–water partition coefficient (Wildman–Crippen LogP) is 7.50. The molecule has 2 nitrogen and oxygen atoms in total. The molecule has 3 rings (SSSR count). The summed E-state index contributed by atoms with van der Waals surface area (Å²) in [6, 6.07) is 21.3. The standard InChI is InChI=1S/C12H11Si.C10H21NO.C9H13.Ti/c1-3-7-11(8-4-1)13-12-9-5-2-6-10-12;1-2-3-4-5-6-7-8-9-10(11)12;1-6-5-7(2)9(4)8(6)3;/h1-10,13H;2-9H2,1H3,(H2,11,12);6H,1-4H3;/q;;-1;+2/p-1. The van der Waals surface area contributed by atoms with Gasteiger partial charge in [0.1, 0.15) is 9.52 Å². The number of carbonyl (C=O) groups is 1. The molecule has 0 aliphatic heterocycles. The zero-order valence-electron chi connectivity index (χ0n) is 22.5. The van der Waals surface area contributed by atoms with Crippen LogP contribution in [0.2, 0.25) is 0 Å². The fourth-order valence-electron chi connectivity index (χ4n) is 3.70. The third kappa shape index (κ3) is 15.8. The summed E-state index contributed by atoms with van der Waals surface area (Å²) < 4.78 is 0. The molecule has 1 aliphatic carbocycles. The van der Waals surface area contributed by atoms with E-state index in [2.05, 4.69) is 101 Å². The van der Waals surface area contributed by atoms with E-state index in [-0.39, 0.29) is 31.2 Å². The van der Waals surface area contributed by atoms with E-state index in [1.54, 1.807) is 0 Å².